The second kappa shape index (κ2) is 3.22. The molecule has 0 spiro atoms. The molecule has 0 saturated carbocycles. The summed E-state index contributed by atoms with van der Waals surface area (Å²) in [6, 6.07) is 0. The number of halogens is 1. The Morgan fingerprint density at radius 1 is 1.75 bits per heavy atom. The summed E-state index contributed by atoms with van der Waals surface area (Å²) in [7, 11) is 0. The first kappa shape index (κ1) is 8.14. The van der Waals surface area contributed by atoms with E-state index in [2.05, 4.69) is 22.5 Å². The molecule has 0 fully saturated rings. The quantitative estimate of drug-likeness (QED) is 0.495. The van der Waals surface area contributed by atoms with Gasteiger partial charge in [0.25, 0.3) is 0 Å². The molecule has 0 aromatic heterocycles. The van der Waals surface area contributed by atoms with Crippen LogP contribution in [0.1, 0.15) is 6.42 Å². The molecule has 0 bridgehead atoms. The van der Waals surface area contributed by atoms with Gasteiger partial charge in [0.1, 0.15) is 4.51 Å². The summed E-state index contributed by atoms with van der Waals surface area (Å²) in [5, 5.41) is 17.3. The van der Waals surface area contributed by atoms with Crippen molar-refractivity contribution < 1.29 is 10.2 Å². The van der Waals surface area contributed by atoms with Gasteiger partial charge in [-0.3, -0.25) is 0 Å². The van der Waals surface area contributed by atoms with Gasteiger partial charge in [0.15, 0.2) is 0 Å². The average molecular weight is 181 g/mol. The van der Waals surface area contributed by atoms with Gasteiger partial charge < -0.3 is 10.2 Å². The van der Waals surface area contributed by atoms with Crippen LogP contribution in [0.15, 0.2) is 12.7 Å². The molecule has 0 aromatic rings. The van der Waals surface area contributed by atoms with Crippen LogP contribution in [0, 0.1) is 0 Å². The Kier molecular flexibility index (Phi) is 3.28. The third-order valence-corrected chi connectivity index (χ3v) is 1.27. The van der Waals surface area contributed by atoms with E-state index in [1.54, 1.807) is 0 Å². The molecular formula is C5H9BrO2. The van der Waals surface area contributed by atoms with Crippen LogP contribution in [0.5, 0.6) is 0 Å². The van der Waals surface area contributed by atoms with E-state index < -0.39 is 4.51 Å². The van der Waals surface area contributed by atoms with E-state index in [0.29, 0.717) is 6.42 Å². The number of alkyl halides is 1. The summed E-state index contributed by atoms with van der Waals surface area (Å²) in [6.07, 6.45) is 1.88. The highest BCUT2D eigenvalue weighted by Gasteiger charge is 2.18. The Balaban J connectivity index is 3.53. The first-order valence-corrected chi connectivity index (χ1v) is 3.05. The largest absolute Gasteiger partial charge is 0.392 e. The van der Waals surface area contributed by atoms with Gasteiger partial charge in [0, 0.05) is 6.42 Å². The Labute approximate surface area is 57.0 Å². The second-order valence-corrected chi connectivity index (χ2v) is 3.05. The zero-order valence-corrected chi connectivity index (χ0v) is 6.06. The molecule has 0 amide bonds. The normalized spacial score (nSPS) is 17.4. The SMILES string of the molecule is C=CCC(O)(Br)CO. The van der Waals surface area contributed by atoms with E-state index in [4.69, 9.17) is 10.2 Å². The van der Waals surface area contributed by atoms with Gasteiger partial charge in [-0.05, 0) is 0 Å². The fourth-order valence-corrected chi connectivity index (χ4v) is 0.515. The van der Waals surface area contributed by atoms with E-state index in [1.807, 2.05) is 0 Å². The Morgan fingerprint density at radius 2 is 2.25 bits per heavy atom. The van der Waals surface area contributed by atoms with Crippen molar-refractivity contribution in [3.63, 3.8) is 0 Å². The molecular weight excluding hydrogens is 172 g/mol. The van der Waals surface area contributed by atoms with Crippen molar-refractivity contribution in [1.29, 1.82) is 0 Å². The lowest BCUT2D eigenvalue weighted by atomic mass is 10.3. The fourth-order valence-electron chi connectivity index (χ4n) is 0.286. The second-order valence-electron chi connectivity index (χ2n) is 1.57. The molecule has 0 radical (unpaired) electrons. The number of rotatable bonds is 3. The van der Waals surface area contributed by atoms with Crippen LogP contribution in [0.3, 0.4) is 0 Å². The lowest BCUT2D eigenvalue weighted by Crippen LogP contribution is -2.23. The molecule has 0 aliphatic carbocycles. The minimum atomic E-state index is -1.16. The summed E-state index contributed by atoms with van der Waals surface area (Å²) in [5.74, 6) is 0. The third-order valence-electron chi connectivity index (χ3n) is 0.699. The Bertz CT molecular complexity index is 80.5. The maximum absolute atomic E-state index is 8.92. The number of aliphatic hydroxyl groups is 2. The summed E-state index contributed by atoms with van der Waals surface area (Å²) >= 11 is 2.88. The van der Waals surface area contributed by atoms with E-state index in [-0.39, 0.29) is 6.61 Å². The average Bonchev–Trinajstić information content (AvgIpc) is 1.67. The van der Waals surface area contributed by atoms with E-state index in [9.17, 15) is 0 Å². The number of hydrogen-bond acceptors (Lipinski definition) is 2. The zero-order valence-electron chi connectivity index (χ0n) is 4.47. The van der Waals surface area contributed by atoms with Crippen LogP contribution in [-0.2, 0) is 0 Å². The van der Waals surface area contributed by atoms with Gasteiger partial charge in [-0.2, -0.15) is 0 Å². The monoisotopic (exact) mass is 180 g/mol. The first-order chi connectivity index (χ1) is 3.62. The van der Waals surface area contributed by atoms with Gasteiger partial charge in [-0.15, -0.1) is 6.58 Å². The highest BCUT2D eigenvalue weighted by atomic mass is 79.9. The fraction of sp³-hybridized carbons (Fsp3) is 0.600. The standard InChI is InChI=1S/C5H9BrO2/c1-2-3-5(6,8)4-7/h2,7-8H,1,3-4H2. The molecule has 1 unspecified atom stereocenters. The van der Waals surface area contributed by atoms with Crippen LogP contribution in [0.25, 0.3) is 0 Å². The Hall–Kier alpha value is 0.140. The third kappa shape index (κ3) is 3.18. The van der Waals surface area contributed by atoms with Crippen molar-refractivity contribution in [2.45, 2.75) is 10.9 Å². The van der Waals surface area contributed by atoms with Gasteiger partial charge in [0.05, 0.1) is 6.61 Å². The molecule has 2 nitrogen and oxygen atoms in total. The van der Waals surface area contributed by atoms with Gasteiger partial charge in [-0.1, -0.05) is 22.0 Å². The summed E-state index contributed by atoms with van der Waals surface area (Å²) in [4.78, 5) is 0. The van der Waals surface area contributed by atoms with Crippen molar-refractivity contribution in [1.82, 2.24) is 0 Å². The smallest absolute Gasteiger partial charge is 0.145 e. The van der Waals surface area contributed by atoms with Crippen LogP contribution < -0.4 is 0 Å². The lowest BCUT2D eigenvalue weighted by molar-refractivity contribution is 0.0738. The summed E-state index contributed by atoms with van der Waals surface area (Å²) < 4.78 is -1.16. The predicted molar refractivity (Wildman–Crippen MR) is 35.8 cm³/mol. The minimum Gasteiger partial charge on any atom is -0.392 e. The molecule has 3 heteroatoms. The lowest BCUT2D eigenvalue weighted by Gasteiger charge is -2.14. The summed E-state index contributed by atoms with van der Waals surface area (Å²) in [5.41, 5.74) is 0. The number of hydrogen-bond donors (Lipinski definition) is 2. The molecule has 1 atom stereocenters. The van der Waals surface area contributed by atoms with E-state index in [1.165, 1.54) is 6.08 Å². The molecule has 0 aliphatic heterocycles. The van der Waals surface area contributed by atoms with Crippen LogP contribution in [-0.4, -0.2) is 21.3 Å². The van der Waals surface area contributed by atoms with Crippen molar-refractivity contribution >= 4 is 15.9 Å². The zero-order chi connectivity index (χ0) is 6.62. The van der Waals surface area contributed by atoms with E-state index in [0.717, 1.165) is 0 Å². The molecule has 48 valence electrons. The highest BCUT2D eigenvalue weighted by Crippen LogP contribution is 2.17. The minimum absolute atomic E-state index is 0.293. The topological polar surface area (TPSA) is 40.5 Å². The molecule has 0 saturated heterocycles. The first-order valence-electron chi connectivity index (χ1n) is 2.25. The molecule has 0 aromatic carbocycles. The van der Waals surface area contributed by atoms with Crippen molar-refractivity contribution in [2.24, 2.45) is 0 Å². The van der Waals surface area contributed by atoms with Crippen LogP contribution in [0.4, 0.5) is 0 Å². The molecule has 0 aliphatic rings. The van der Waals surface area contributed by atoms with Gasteiger partial charge in [-0.25, -0.2) is 0 Å². The van der Waals surface area contributed by atoms with Crippen molar-refractivity contribution in [3.05, 3.63) is 12.7 Å². The van der Waals surface area contributed by atoms with Crippen LogP contribution >= 0.6 is 15.9 Å². The highest BCUT2D eigenvalue weighted by molar-refractivity contribution is 9.10. The molecule has 0 rings (SSSR count). The van der Waals surface area contributed by atoms with Crippen molar-refractivity contribution in [3.8, 4) is 0 Å². The van der Waals surface area contributed by atoms with Gasteiger partial charge >= 0.3 is 0 Å². The molecule has 0 heterocycles. The van der Waals surface area contributed by atoms with Crippen LogP contribution in [0.2, 0.25) is 0 Å². The Morgan fingerprint density at radius 3 is 2.38 bits per heavy atom. The molecule has 8 heavy (non-hydrogen) atoms. The maximum atomic E-state index is 8.92. The molecule has 2 N–H and O–H groups in total. The predicted octanol–water partition coefficient (Wildman–Crippen LogP) is 0.638. The maximum Gasteiger partial charge on any atom is 0.145 e. The van der Waals surface area contributed by atoms with Gasteiger partial charge in [0.2, 0.25) is 0 Å². The van der Waals surface area contributed by atoms with Crippen molar-refractivity contribution in [2.75, 3.05) is 6.61 Å². The van der Waals surface area contributed by atoms with E-state index >= 15 is 0 Å². The summed E-state index contributed by atoms with van der Waals surface area (Å²) in [6.45, 7) is 3.10. The number of aliphatic hydroxyl groups excluding tert-OH is 1.